The highest BCUT2D eigenvalue weighted by atomic mass is 32.2. The van der Waals surface area contributed by atoms with Gasteiger partial charge in [-0.05, 0) is 29.6 Å². The summed E-state index contributed by atoms with van der Waals surface area (Å²) in [6.45, 7) is 36.4. The van der Waals surface area contributed by atoms with Crippen LogP contribution >= 0.6 is 94.1 Å². The largest absolute Gasteiger partial charge is 0.158 e. The van der Waals surface area contributed by atoms with Crippen LogP contribution in [0.2, 0.25) is 0 Å². The van der Waals surface area contributed by atoms with Crippen molar-refractivity contribution in [1.29, 1.82) is 0 Å². The summed E-state index contributed by atoms with van der Waals surface area (Å²) in [7, 11) is 0. The Morgan fingerprint density at radius 1 is 0.390 bits per heavy atom. The second-order valence-corrected chi connectivity index (χ2v) is 25.1. The van der Waals surface area contributed by atoms with E-state index in [1.165, 1.54) is 30.1 Å². The van der Waals surface area contributed by atoms with Crippen molar-refractivity contribution < 1.29 is 0 Å². The van der Waals surface area contributed by atoms with Crippen LogP contribution in [-0.2, 0) is 0 Å². The van der Waals surface area contributed by atoms with E-state index < -0.39 is 0 Å². The molecule has 8 heteroatoms. The average Bonchev–Trinajstić information content (AvgIpc) is 2.90. The third-order valence-corrected chi connectivity index (χ3v) is 21.3. The summed E-state index contributed by atoms with van der Waals surface area (Å²) in [4.78, 5) is 0. The highest BCUT2D eigenvalue weighted by Crippen LogP contribution is 2.42. The van der Waals surface area contributed by atoms with Gasteiger partial charge in [0.05, 0.1) is 0 Å². The van der Waals surface area contributed by atoms with Crippen LogP contribution < -0.4 is 0 Å². The van der Waals surface area contributed by atoms with Gasteiger partial charge in [0.15, 0.2) is 0 Å². The van der Waals surface area contributed by atoms with Crippen molar-refractivity contribution in [1.82, 2.24) is 0 Å². The molecular formula is C33H68S8. The second kappa shape index (κ2) is 24.9. The van der Waals surface area contributed by atoms with E-state index >= 15 is 0 Å². The van der Waals surface area contributed by atoms with Gasteiger partial charge in [-0.1, -0.05) is 104 Å². The molecule has 0 aliphatic carbocycles. The van der Waals surface area contributed by atoms with Crippen LogP contribution in [0.4, 0.5) is 0 Å². The summed E-state index contributed by atoms with van der Waals surface area (Å²) in [5.74, 6) is 3.70. The molecule has 12 atom stereocenters. The average molecular weight is 721 g/mol. The first-order chi connectivity index (χ1) is 19.2. The van der Waals surface area contributed by atoms with Crippen molar-refractivity contribution in [3.05, 3.63) is 0 Å². The third-order valence-electron chi connectivity index (χ3n) is 7.67. The van der Waals surface area contributed by atoms with Gasteiger partial charge < -0.3 is 0 Å². The van der Waals surface area contributed by atoms with Crippen LogP contribution in [0.1, 0.15) is 117 Å². The number of thioether (sulfide) groups is 8. The predicted octanol–water partition coefficient (Wildman–Crippen LogP) is 12.7. The van der Waals surface area contributed by atoms with Gasteiger partial charge in [0, 0.05) is 68.8 Å². The summed E-state index contributed by atoms with van der Waals surface area (Å²) >= 11 is 17.8. The van der Waals surface area contributed by atoms with Gasteiger partial charge in [-0.2, -0.15) is 94.1 Å². The smallest absolute Gasteiger partial charge is 0.0283 e. The molecule has 0 heterocycles. The fourth-order valence-corrected chi connectivity index (χ4v) is 16.7. The first-order valence-corrected chi connectivity index (χ1v) is 24.2. The van der Waals surface area contributed by atoms with E-state index in [1.54, 1.807) is 0 Å². The summed E-state index contributed by atoms with van der Waals surface area (Å²) in [6.07, 6.45) is 2.54. The summed E-state index contributed by atoms with van der Waals surface area (Å²) < 4.78 is 0. The van der Waals surface area contributed by atoms with Gasteiger partial charge in [0.25, 0.3) is 0 Å². The van der Waals surface area contributed by atoms with Gasteiger partial charge in [0.2, 0.25) is 0 Å². The molecular weight excluding hydrogens is 653 g/mol. The van der Waals surface area contributed by atoms with Crippen molar-refractivity contribution in [2.24, 2.45) is 0 Å². The Balaban J connectivity index is 5.49. The first-order valence-electron chi connectivity index (χ1n) is 16.3. The molecule has 0 N–H and O–H groups in total. The zero-order chi connectivity index (χ0) is 31.7. The monoisotopic (exact) mass is 720 g/mol. The predicted molar refractivity (Wildman–Crippen MR) is 219 cm³/mol. The van der Waals surface area contributed by atoms with E-state index in [0.29, 0.717) is 52.5 Å². The van der Waals surface area contributed by atoms with Gasteiger partial charge >= 0.3 is 0 Å². The topological polar surface area (TPSA) is 0 Å². The van der Waals surface area contributed by atoms with Crippen molar-refractivity contribution >= 4 is 94.1 Å². The zero-order valence-corrected chi connectivity index (χ0v) is 35.8. The molecule has 0 amide bonds. The first kappa shape index (κ1) is 43.8. The molecule has 0 aromatic rings. The molecule has 0 rings (SSSR count). The molecule has 0 nitrogen and oxygen atoms in total. The van der Waals surface area contributed by atoms with E-state index in [-0.39, 0.29) is 0 Å². The van der Waals surface area contributed by atoms with Crippen LogP contribution in [0.5, 0.6) is 0 Å². The van der Waals surface area contributed by atoms with Gasteiger partial charge in [0.1, 0.15) is 0 Å². The lowest BCUT2D eigenvalue weighted by atomic mass is 10.2. The number of hydrogen-bond donors (Lipinski definition) is 0. The SMILES string of the molecule is CCSC(C)C(C)SC(CC)C(C)SC(C)CS[C@H](C(C)SC(C)C(C)SC(C)C)C(CC)SC(C)C(C)SCC. The molecule has 0 saturated carbocycles. The molecule has 0 radical (unpaired) electrons. The molecule has 0 spiro atoms. The molecule has 41 heavy (non-hydrogen) atoms. The maximum atomic E-state index is 2.55. The van der Waals surface area contributed by atoms with E-state index in [9.17, 15) is 0 Å². The van der Waals surface area contributed by atoms with Crippen LogP contribution in [0.25, 0.3) is 0 Å². The maximum Gasteiger partial charge on any atom is 0.0283 e. The van der Waals surface area contributed by atoms with Gasteiger partial charge in [-0.25, -0.2) is 0 Å². The third kappa shape index (κ3) is 18.7. The Morgan fingerprint density at radius 3 is 1.27 bits per heavy atom. The Hall–Kier alpha value is 2.80. The second-order valence-electron chi connectivity index (χ2n) is 11.8. The summed E-state index contributed by atoms with van der Waals surface area (Å²) in [5, 5.41) is 9.13. The molecule has 0 aliphatic heterocycles. The van der Waals surface area contributed by atoms with E-state index in [1.807, 2.05) is 0 Å². The lowest BCUT2D eigenvalue weighted by molar-refractivity contribution is 0.736. The lowest BCUT2D eigenvalue weighted by Gasteiger charge is -2.36. The number of rotatable bonds is 25. The zero-order valence-electron chi connectivity index (χ0n) is 29.3. The Bertz CT molecular complexity index is 620. The molecule has 0 fully saturated rings. The molecule has 0 bridgehead atoms. The molecule has 0 saturated heterocycles. The van der Waals surface area contributed by atoms with Crippen LogP contribution in [0, 0.1) is 0 Å². The van der Waals surface area contributed by atoms with Crippen LogP contribution in [0.15, 0.2) is 0 Å². The molecule has 0 aliphatic rings. The molecule has 0 aromatic heterocycles. The Kier molecular flexibility index (Phi) is 26.6. The molecule has 11 unspecified atom stereocenters. The van der Waals surface area contributed by atoms with Crippen molar-refractivity contribution in [3.8, 4) is 0 Å². The standard InChI is InChI=1S/C33H68S8/c1-16-31(40-25(10)23(8)34-18-3)29(14)38-22(7)20-36-33(30(15)39-28(13)27(12)37-21(5)6)32(17-2)41-26(11)24(9)35-19-4/h21-33H,16-20H2,1-15H3/t22?,23?,24?,25?,26?,27?,28?,29?,30?,31?,32?,33-/m1/s1. The molecule has 0 aromatic carbocycles. The van der Waals surface area contributed by atoms with Gasteiger partial charge in [-0.15, -0.1) is 0 Å². The van der Waals surface area contributed by atoms with E-state index in [2.05, 4.69) is 198 Å². The van der Waals surface area contributed by atoms with Crippen LogP contribution in [-0.4, -0.2) is 85.5 Å². The Morgan fingerprint density at radius 2 is 0.829 bits per heavy atom. The van der Waals surface area contributed by atoms with E-state index in [0.717, 1.165) is 15.7 Å². The van der Waals surface area contributed by atoms with Crippen molar-refractivity contribution in [2.75, 3.05) is 17.3 Å². The fraction of sp³-hybridized carbons (Fsp3) is 1.00. The van der Waals surface area contributed by atoms with Gasteiger partial charge in [-0.3, -0.25) is 0 Å². The van der Waals surface area contributed by atoms with Crippen molar-refractivity contribution in [3.63, 3.8) is 0 Å². The fourth-order valence-electron chi connectivity index (χ4n) is 4.87. The minimum Gasteiger partial charge on any atom is -0.158 e. The number of hydrogen-bond acceptors (Lipinski definition) is 8. The quantitative estimate of drug-likeness (QED) is 0.0902. The Labute approximate surface area is 293 Å². The normalized spacial score (nSPS) is 21.4. The summed E-state index contributed by atoms with van der Waals surface area (Å²) in [5.41, 5.74) is 0. The summed E-state index contributed by atoms with van der Waals surface area (Å²) in [6, 6.07) is 0. The minimum absolute atomic E-state index is 0.663. The highest BCUT2D eigenvalue weighted by Gasteiger charge is 2.32. The van der Waals surface area contributed by atoms with E-state index in [4.69, 9.17) is 0 Å². The minimum atomic E-state index is 0.663. The lowest BCUT2D eigenvalue weighted by Crippen LogP contribution is -2.34. The molecule has 248 valence electrons. The van der Waals surface area contributed by atoms with Crippen LogP contribution in [0.3, 0.4) is 0 Å². The van der Waals surface area contributed by atoms with Crippen molar-refractivity contribution in [2.45, 2.75) is 185 Å². The highest BCUT2D eigenvalue weighted by molar-refractivity contribution is 8.09. The maximum absolute atomic E-state index is 2.55.